The quantitative estimate of drug-likeness (QED) is 0.596. The number of aryl methyl sites for hydroxylation is 1. The Kier molecular flexibility index (Phi) is 7.00. The average molecular weight is 369 g/mol. The fourth-order valence-electron chi connectivity index (χ4n) is 2.28. The molecule has 0 saturated carbocycles. The number of esters is 1. The summed E-state index contributed by atoms with van der Waals surface area (Å²) in [6.45, 7) is 3.47. The van der Waals surface area contributed by atoms with Crippen molar-refractivity contribution in [3.63, 3.8) is 0 Å². The first-order chi connectivity index (χ1) is 12.9. The first kappa shape index (κ1) is 20.0. The van der Waals surface area contributed by atoms with Gasteiger partial charge in [-0.25, -0.2) is 4.79 Å². The van der Waals surface area contributed by atoms with Gasteiger partial charge in [-0.1, -0.05) is 17.7 Å². The number of hydrogen-bond acceptors (Lipinski definition) is 5. The third kappa shape index (κ3) is 5.88. The zero-order chi connectivity index (χ0) is 19.8. The number of methoxy groups -OCH3 is 2. The van der Waals surface area contributed by atoms with Gasteiger partial charge in [0.2, 0.25) is 0 Å². The van der Waals surface area contributed by atoms with Crippen LogP contribution in [0.5, 0.6) is 11.5 Å². The van der Waals surface area contributed by atoms with Crippen LogP contribution in [0, 0.1) is 6.92 Å². The zero-order valence-electron chi connectivity index (χ0n) is 15.8. The van der Waals surface area contributed by atoms with Crippen molar-refractivity contribution in [3.05, 3.63) is 59.7 Å². The second kappa shape index (κ2) is 9.43. The van der Waals surface area contributed by atoms with Gasteiger partial charge < -0.3 is 19.5 Å². The van der Waals surface area contributed by atoms with Gasteiger partial charge in [-0.05, 0) is 50.3 Å². The molecule has 0 aliphatic carbocycles. The van der Waals surface area contributed by atoms with Gasteiger partial charge in [-0.3, -0.25) is 4.79 Å². The molecule has 0 bridgehead atoms. The zero-order valence-corrected chi connectivity index (χ0v) is 15.8. The second-order valence-corrected chi connectivity index (χ2v) is 5.88. The predicted molar refractivity (Wildman–Crippen MR) is 104 cm³/mol. The largest absolute Gasteiger partial charge is 0.497 e. The van der Waals surface area contributed by atoms with Crippen LogP contribution in [0.3, 0.4) is 0 Å². The van der Waals surface area contributed by atoms with Gasteiger partial charge in [-0.2, -0.15) is 0 Å². The molecule has 0 radical (unpaired) electrons. The highest BCUT2D eigenvalue weighted by Crippen LogP contribution is 2.25. The fraction of sp³-hybridized carbons (Fsp3) is 0.238. The van der Waals surface area contributed by atoms with Gasteiger partial charge in [-0.15, -0.1) is 0 Å². The lowest BCUT2D eigenvalue weighted by atomic mass is 10.1. The number of carbonyl (C=O) groups excluding carboxylic acids is 2. The second-order valence-electron chi connectivity index (χ2n) is 5.88. The summed E-state index contributed by atoms with van der Waals surface area (Å²) >= 11 is 0. The van der Waals surface area contributed by atoms with E-state index >= 15 is 0 Å². The third-order valence-corrected chi connectivity index (χ3v) is 3.82. The lowest BCUT2D eigenvalue weighted by Gasteiger charge is -2.12. The minimum absolute atomic E-state index is 0.403. The Morgan fingerprint density at radius 2 is 1.74 bits per heavy atom. The topological polar surface area (TPSA) is 73.9 Å². The molecule has 1 N–H and O–H groups in total. The maximum absolute atomic E-state index is 12.1. The van der Waals surface area contributed by atoms with E-state index in [1.165, 1.54) is 20.1 Å². The number of hydrogen-bond donors (Lipinski definition) is 1. The van der Waals surface area contributed by atoms with E-state index in [4.69, 9.17) is 14.2 Å². The van der Waals surface area contributed by atoms with E-state index in [0.29, 0.717) is 22.7 Å². The van der Waals surface area contributed by atoms with E-state index in [-0.39, 0.29) is 0 Å². The molecule has 6 nitrogen and oxygen atoms in total. The molecule has 0 aromatic heterocycles. The minimum Gasteiger partial charge on any atom is -0.497 e. The number of benzene rings is 2. The molecule has 2 aromatic rings. The number of anilines is 1. The van der Waals surface area contributed by atoms with Gasteiger partial charge in [0, 0.05) is 17.3 Å². The summed E-state index contributed by atoms with van der Waals surface area (Å²) in [5.74, 6) is 0.186. The molecule has 0 aliphatic rings. The maximum atomic E-state index is 12.1. The van der Waals surface area contributed by atoms with Crippen LogP contribution in [0.2, 0.25) is 0 Å². The molecule has 142 valence electrons. The molecule has 2 rings (SSSR count). The SMILES string of the molecule is COc1ccc(OC)c(/C=C/C(=O)OC(C)C(=O)Nc2ccc(C)cc2)c1. The van der Waals surface area contributed by atoms with Gasteiger partial charge >= 0.3 is 5.97 Å². The summed E-state index contributed by atoms with van der Waals surface area (Å²) in [5, 5.41) is 2.70. The summed E-state index contributed by atoms with van der Waals surface area (Å²) in [6, 6.07) is 12.6. The van der Waals surface area contributed by atoms with Crippen LogP contribution in [0.25, 0.3) is 6.08 Å². The number of nitrogens with one attached hydrogen (secondary N) is 1. The molecular formula is C21H23NO5. The molecule has 27 heavy (non-hydrogen) atoms. The lowest BCUT2D eigenvalue weighted by molar-refractivity contribution is -0.148. The van der Waals surface area contributed by atoms with Crippen molar-refractivity contribution >= 4 is 23.6 Å². The van der Waals surface area contributed by atoms with Crippen LogP contribution in [-0.2, 0) is 14.3 Å². The smallest absolute Gasteiger partial charge is 0.331 e. The van der Waals surface area contributed by atoms with Crippen LogP contribution in [-0.4, -0.2) is 32.2 Å². The number of carbonyl (C=O) groups is 2. The highest BCUT2D eigenvalue weighted by molar-refractivity contribution is 5.96. The molecular weight excluding hydrogens is 346 g/mol. The summed E-state index contributed by atoms with van der Waals surface area (Å²) in [6.07, 6.45) is 1.86. The predicted octanol–water partition coefficient (Wildman–Crippen LogP) is 3.60. The highest BCUT2D eigenvalue weighted by Gasteiger charge is 2.16. The molecule has 0 aliphatic heterocycles. The summed E-state index contributed by atoms with van der Waals surface area (Å²) in [4.78, 5) is 24.2. The summed E-state index contributed by atoms with van der Waals surface area (Å²) in [7, 11) is 3.09. The summed E-state index contributed by atoms with van der Waals surface area (Å²) in [5.41, 5.74) is 2.39. The van der Waals surface area contributed by atoms with E-state index in [2.05, 4.69) is 5.32 Å². The molecule has 0 spiro atoms. The summed E-state index contributed by atoms with van der Waals surface area (Å²) < 4.78 is 15.6. The van der Waals surface area contributed by atoms with E-state index in [9.17, 15) is 9.59 Å². The third-order valence-electron chi connectivity index (χ3n) is 3.82. The lowest BCUT2D eigenvalue weighted by Crippen LogP contribution is -2.29. The van der Waals surface area contributed by atoms with Gasteiger partial charge in [0.05, 0.1) is 14.2 Å². The van der Waals surface area contributed by atoms with Crippen molar-refractivity contribution in [1.29, 1.82) is 0 Å². The van der Waals surface area contributed by atoms with Crippen molar-refractivity contribution in [1.82, 2.24) is 0 Å². The van der Waals surface area contributed by atoms with E-state index in [0.717, 1.165) is 5.56 Å². The Morgan fingerprint density at radius 1 is 1.04 bits per heavy atom. The van der Waals surface area contributed by atoms with Crippen LogP contribution in [0.15, 0.2) is 48.5 Å². The van der Waals surface area contributed by atoms with Crippen LogP contribution >= 0.6 is 0 Å². The normalized spacial score (nSPS) is 11.7. The Labute approximate surface area is 158 Å². The number of ether oxygens (including phenoxy) is 3. The van der Waals surface area contributed by atoms with Crippen LogP contribution < -0.4 is 14.8 Å². The fourth-order valence-corrected chi connectivity index (χ4v) is 2.28. The molecule has 1 amide bonds. The van der Waals surface area contributed by atoms with Crippen LogP contribution in [0.1, 0.15) is 18.1 Å². The Morgan fingerprint density at radius 3 is 2.37 bits per heavy atom. The van der Waals surface area contributed by atoms with E-state index in [1.54, 1.807) is 43.5 Å². The van der Waals surface area contributed by atoms with Crippen molar-refractivity contribution in [2.24, 2.45) is 0 Å². The molecule has 1 unspecified atom stereocenters. The van der Waals surface area contributed by atoms with Crippen molar-refractivity contribution in [2.45, 2.75) is 20.0 Å². The van der Waals surface area contributed by atoms with Gasteiger partial charge in [0.25, 0.3) is 5.91 Å². The number of amides is 1. The van der Waals surface area contributed by atoms with E-state index in [1.807, 2.05) is 19.1 Å². The van der Waals surface area contributed by atoms with Crippen molar-refractivity contribution in [3.8, 4) is 11.5 Å². The van der Waals surface area contributed by atoms with Crippen molar-refractivity contribution in [2.75, 3.05) is 19.5 Å². The number of rotatable bonds is 7. The molecule has 0 fully saturated rings. The molecule has 6 heteroatoms. The van der Waals surface area contributed by atoms with Crippen molar-refractivity contribution < 1.29 is 23.8 Å². The molecule has 0 heterocycles. The standard InChI is InChI=1S/C21H23NO5/c1-14-5-8-17(9-6-14)22-21(24)15(2)27-20(23)12-7-16-13-18(25-3)10-11-19(16)26-4/h5-13,15H,1-4H3,(H,22,24)/b12-7+. The molecule has 2 aromatic carbocycles. The van der Waals surface area contributed by atoms with E-state index < -0.39 is 18.0 Å². The highest BCUT2D eigenvalue weighted by atomic mass is 16.5. The Hall–Kier alpha value is -3.28. The minimum atomic E-state index is -0.935. The van der Waals surface area contributed by atoms with Gasteiger partial charge in [0.1, 0.15) is 11.5 Å². The Balaban J connectivity index is 1.97. The average Bonchev–Trinajstić information content (AvgIpc) is 2.67. The molecule has 1 atom stereocenters. The first-order valence-electron chi connectivity index (χ1n) is 8.41. The first-order valence-corrected chi connectivity index (χ1v) is 8.41. The van der Waals surface area contributed by atoms with Gasteiger partial charge in [0.15, 0.2) is 6.10 Å². The Bertz CT molecular complexity index is 827. The van der Waals surface area contributed by atoms with Crippen LogP contribution in [0.4, 0.5) is 5.69 Å². The monoisotopic (exact) mass is 369 g/mol. The molecule has 0 saturated heterocycles. The maximum Gasteiger partial charge on any atom is 0.331 e.